The standard InChI is InChI=1S/C16H26OS/c1-12(2)14-8-6-7-9-15(14)17-10-13(11-18)16(3,4)5/h6-9,12-13,18H,10-11H2,1-5H3. The highest BCUT2D eigenvalue weighted by atomic mass is 32.1. The molecule has 0 bridgehead atoms. The van der Waals surface area contributed by atoms with Crippen LogP contribution in [-0.2, 0) is 0 Å². The van der Waals surface area contributed by atoms with Gasteiger partial charge in [0.2, 0.25) is 0 Å². The van der Waals surface area contributed by atoms with E-state index in [0.29, 0.717) is 11.8 Å². The fourth-order valence-electron chi connectivity index (χ4n) is 1.86. The zero-order valence-corrected chi connectivity index (χ0v) is 13.1. The van der Waals surface area contributed by atoms with Crippen molar-refractivity contribution in [3.05, 3.63) is 29.8 Å². The second kappa shape index (κ2) is 6.51. The molecule has 1 aromatic carbocycles. The molecule has 0 radical (unpaired) electrons. The van der Waals surface area contributed by atoms with Crippen molar-refractivity contribution in [1.82, 2.24) is 0 Å². The number of thiol groups is 1. The summed E-state index contributed by atoms with van der Waals surface area (Å²) in [5.74, 6) is 2.82. The number of benzene rings is 1. The molecule has 0 N–H and O–H groups in total. The zero-order valence-electron chi connectivity index (χ0n) is 12.2. The van der Waals surface area contributed by atoms with Crippen molar-refractivity contribution in [2.45, 2.75) is 40.5 Å². The molecule has 0 aliphatic rings. The van der Waals surface area contributed by atoms with E-state index in [-0.39, 0.29) is 5.41 Å². The van der Waals surface area contributed by atoms with E-state index in [1.54, 1.807) is 0 Å². The molecule has 1 rings (SSSR count). The van der Waals surface area contributed by atoms with Crippen LogP contribution < -0.4 is 4.74 Å². The van der Waals surface area contributed by atoms with Crippen LogP contribution in [0.3, 0.4) is 0 Å². The third-order valence-corrected chi connectivity index (χ3v) is 3.87. The van der Waals surface area contributed by atoms with Gasteiger partial charge in [0.1, 0.15) is 5.75 Å². The number of hydrogen-bond donors (Lipinski definition) is 1. The predicted molar refractivity (Wildman–Crippen MR) is 82.8 cm³/mol. The molecule has 1 unspecified atom stereocenters. The largest absolute Gasteiger partial charge is 0.493 e. The summed E-state index contributed by atoms with van der Waals surface area (Å²) in [4.78, 5) is 0. The van der Waals surface area contributed by atoms with Crippen LogP contribution in [-0.4, -0.2) is 12.4 Å². The van der Waals surface area contributed by atoms with E-state index in [9.17, 15) is 0 Å². The first kappa shape index (κ1) is 15.4. The van der Waals surface area contributed by atoms with Crippen LogP contribution in [0.2, 0.25) is 0 Å². The lowest BCUT2D eigenvalue weighted by atomic mass is 9.82. The Morgan fingerprint density at radius 3 is 2.28 bits per heavy atom. The molecule has 0 aliphatic heterocycles. The van der Waals surface area contributed by atoms with Crippen LogP contribution in [0.15, 0.2) is 24.3 Å². The highest BCUT2D eigenvalue weighted by Gasteiger charge is 2.24. The highest BCUT2D eigenvalue weighted by molar-refractivity contribution is 7.80. The number of hydrogen-bond acceptors (Lipinski definition) is 2. The Labute approximate surface area is 117 Å². The second-order valence-corrected chi connectivity index (χ2v) is 6.61. The Morgan fingerprint density at radius 1 is 1.17 bits per heavy atom. The van der Waals surface area contributed by atoms with E-state index >= 15 is 0 Å². The first-order valence-electron chi connectivity index (χ1n) is 6.68. The maximum absolute atomic E-state index is 6.03. The Hall–Kier alpha value is -0.630. The van der Waals surface area contributed by atoms with Crippen LogP contribution in [0.1, 0.15) is 46.1 Å². The molecule has 1 nitrogen and oxygen atoms in total. The quantitative estimate of drug-likeness (QED) is 0.755. The van der Waals surface area contributed by atoms with Crippen LogP contribution in [0.5, 0.6) is 5.75 Å². The van der Waals surface area contributed by atoms with Crippen molar-refractivity contribution in [3.8, 4) is 5.75 Å². The van der Waals surface area contributed by atoms with Gasteiger partial charge in [-0.15, -0.1) is 0 Å². The molecule has 0 aromatic heterocycles. The molecule has 1 aromatic rings. The molecular weight excluding hydrogens is 240 g/mol. The minimum Gasteiger partial charge on any atom is -0.493 e. The Bertz CT molecular complexity index is 366. The van der Waals surface area contributed by atoms with Gasteiger partial charge in [0.15, 0.2) is 0 Å². The van der Waals surface area contributed by atoms with E-state index in [2.05, 4.69) is 65.4 Å². The van der Waals surface area contributed by atoms with E-state index in [0.717, 1.165) is 18.1 Å². The van der Waals surface area contributed by atoms with Crippen molar-refractivity contribution in [1.29, 1.82) is 0 Å². The van der Waals surface area contributed by atoms with Gasteiger partial charge in [-0.05, 0) is 28.7 Å². The van der Waals surface area contributed by atoms with Crippen LogP contribution in [0, 0.1) is 11.3 Å². The molecule has 0 spiro atoms. The van der Waals surface area contributed by atoms with Crippen LogP contribution in [0.25, 0.3) is 0 Å². The smallest absolute Gasteiger partial charge is 0.122 e. The molecule has 1 atom stereocenters. The summed E-state index contributed by atoms with van der Waals surface area (Å²) in [6.45, 7) is 11.9. The summed E-state index contributed by atoms with van der Waals surface area (Å²) in [5, 5.41) is 0. The molecule has 102 valence electrons. The van der Waals surface area contributed by atoms with Crippen molar-refractivity contribution in [2.24, 2.45) is 11.3 Å². The van der Waals surface area contributed by atoms with Gasteiger partial charge in [-0.2, -0.15) is 12.6 Å². The lowest BCUT2D eigenvalue weighted by Gasteiger charge is -2.29. The van der Waals surface area contributed by atoms with Gasteiger partial charge < -0.3 is 4.74 Å². The van der Waals surface area contributed by atoms with Gasteiger partial charge in [-0.3, -0.25) is 0 Å². The Morgan fingerprint density at radius 2 is 1.78 bits per heavy atom. The third-order valence-electron chi connectivity index (χ3n) is 3.43. The summed E-state index contributed by atoms with van der Waals surface area (Å²) < 4.78 is 6.03. The SMILES string of the molecule is CC(C)c1ccccc1OCC(CS)C(C)(C)C. The molecule has 0 aliphatic carbocycles. The zero-order chi connectivity index (χ0) is 13.8. The second-order valence-electron chi connectivity index (χ2n) is 6.25. The van der Waals surface area contributed by atoms with Crippen molar-refractivity contribution in [3.63, 3.8) is 0 Å². The first-order valence-corrected chi connectivity index (χ1v) is 7.32. The lowest BCUT2D eigenvalue weighted by Crippen LogP contribution is -2.28. The number of ether oxygens (including phenoxy) is 1. The molecule has 0 saturated heterocycles. The number of para-hydroxylation sites is 1. The molecule has 2 heteroatoms. The van der Waals surface area contributed by atoms with Crippen LogP contribution >= 0.6 is 12.6 Å². The molecule has 0 saturated carbocycles. The normalized spacial score (nSPS) is 13.7. The van der Waals surface area contributed by atoms with E-state index in [4.69, 9.17) is 4.74 Å². The maximum Gasteiger partial charge on any atom is 0.122 e. The fraction of sp³-hybridized carbons (Fsp3) is 0.625. The summed E-state index contributed by atoms with van der Waals surface area (Å²) >= 11 is 4.44. The molecule has 0 fully saturated rings. The average Bonchev–Trinajstić information content (AvgIpc) is 2.28. The first-order chi connectivity index (χ1) is 8.36. The van der Waals surface area contributed by atoms with Crippen molar-refractivity contribution < 1.29 is 4.74 Å². The Kier molecular flexibility index (Phi) is 5.58. The summed E-state index contributed by atoms with van der Waals surface area (Å²) in [6, 6.07) is 8.32. The molecule has 0 heterocycles. The molecular formula is C16H26OS. The minimum absolute atomic E-state index is 0.231. The summed E-state index contributed by atoms with van der Waals surface area (Å²) in [7, 11) is 0. The van der Waals surface area contributed by atoms with E-state index in [1.165, 1.54) is 5.56 Å². The lowest BCUT2D eigenvalue weighted by molar-refractivity contribution is 0.164. The van der Waals surface area contributed by atoms with Crippen LogP contribution in [0.4, 0.5) is 0 Å². The van der Waals surface area contributed by atoms with Crippen molar-refractivity contribution in [2.75, 3.05) is 12.4 Å². The predicted octanol–water partition coefficient (Wildman–Crippen LogP) is 4.78. The maximum atomic E-state index is 6.03. The van der Waals surface area contributed by atoms with E-state index in [1.807, 2.05) is 6.07 Å². The van der Waals surface area contributed by atoms with E-state index < -0.39 is 0 Å². The monoisotopic (exact) mass is 266 g/mol. The Balaban J connectivity index is 2.74. The van der Waals surface area contributed by atoms with Gasteiger partial charge in [0.05, 0.1) is 6.61 Å². The van der Waals surface area contributed by atoms with Gasteiger partial charge in [-0.25, -0.2) is 0 Å². The van der Waals surface area contributed by atoms with Gasteiger partial charge in [-0.1, -0.05) is 52.8 Å². The summed E-state index contributed by atoms with van der Waals surface area (Å²) in [5.41, 5.74) is 1.51. The van der Waals surface area contributed by atoms with Gasteiger partial charge in [0, 0.05) is 5.92 Å². The fourth-order valence-corrected chi connectivity index (χ4v) is 2.51. The van der Waals surface area contributed by atoms with Gasteiger partial charge in [0.25, 0.3) is 0 Å². The topological polar surface area (TPSA) is 9.23 Å². The minimum atomic E-state index is 0.231. The van der Waals surface area contributed by atoms with Gasteiger partial charge >= 0.3 is 0 Å². The van der Waals surface area contributed by atoms with Crippen molar-refractivity contribution >= 4 is 12.6 Å². The highest BCUT2D eigenvalue weighted by Crippen LogP contribution is 2.30. The summed E-state index contributed by atoms with van der Waals surface area (Å²) in [6.07, 6.45) is 0. The molecule has 18 heavy (non-hydrogen) atoms. The third kappa shape index (κ3) is 4.24. The number of rotatable bonds is 5. The molecule has 0 amide bonds. The average molecular weight is 266 g/mol.